The van der Waals surface area contributed by atoms with Gasteiger partial charge in [0.2, 0.25) is 0 Å². The molecule has 3 fully saturated rings. The Balaban J connectivity index is 1.35. The number of nitro groups is 1. The van der Waals surface area contributed by atoms with Crippen molar-refractivity contribution in [2.45, 2.75) is 31.7 Å². The quantitative estimate of drug-likeness (QED) is 0.631. The molecule has 1 saturated heterocycles. The second-order valence-corrected chi connectivity index (χ2v) is 7.37. The van der Waals surface area contributed by atoms with Crippen LogP contribution in [0.3, 0.4) is 0 Å². The maximum atomic E-state index is 12.6. The lowest BCUT2D eigenvalue weighted by molar-refractivity contribution is -0.384. The molecule has 24 heavy (non-hydrogen) atoms. The Morgan fingerprint density at radius 1 is 1.04 bits per heavy atom. The van der Waals surface area contributed by atoms with Crippen LogP contribution in [0.5, 0.6) is 0 Å². The number of fused-ring (bicyclic) bond motifs is 2. The zero-order chi connectivity index (χ0) is 16.7. The van der Waals surface area contributed by atoms with Crippen LogP contribution >= 0.6 is 0 Å². The first kappa shape index (κ1) is 15.6. The van der Waals surface area contributed by atoms with Crippen molar-refractivity contribution in [1.82, 2.24) is 9.80 Å². The van der Waals surface area contributed by atoms with Gasteiger partial charge in [-0.25, -0.2) is 0 Å². The van der Waals surface area contributed by atoms with Crippen LogP contribution in [0.4, 0.5) is 5.69 Å². The fraction of sp³-hybridized carbons (Fsp3) is 0.611. The molecule has 1 amide bonds. The normalized spacial score (nSPS) is 29.8. The van der Waals surface area contributed by atoms with Crippen molar-refractivity contribution in [3.63, 3.8) is 0 Å². The lowest BCUT2D eigenvalue weighted by Crippen LogP contribution is -2.53. The number of amides is 1. The summed E-state index contributed by atoms with van der Waals surface area (Å²) in [6, 6.07) is 6.66. The molecule has 0 N–H and O–H groups in total. The van der Waals surface area contributed by atoms with Crippen molar-refractivity contribution < 1.29 is 9.72 Å². The number of nitro benzene ring substituents is 1. The summed E-state index contributed by atoms with van der Waals surface area (Å²) < 4.78 is 0. The van der Waals surface area contributed by atoms with Gasteiger partial charge < -0.3 is 4.90 Å². The van der Waals surface area contributed by atoms with Crippen LogP contribution in [0.15, 0.2) is 24.3 Å². The summed E-state index contributed by atoms with van der Waals surface area (Å²) in [5.41, 5.74) is 0.557. The first-order chi connectivity index (χ1) is 11.6. The summed E-state index contributed by atoms with van der Waals surface area (Å²) in [7, 11) is 0. The summed E-state index contributed by atoms with van der Waals surface area (Å²) in [5.74, 6) is 1.81. The van der Waals surface area contributed by atoms with E-state index in [1.165, 1.54) is 37.8 Å². The van der Waals surface area contributed by atoms with Gasteiger partial charge in [-0.15, -0.1) is 0 Å². The number of benzene rings is 1. The highest BCUT2D eigenvalue weighted by atomic mass is 16.6. The van der Waals surface area contributed by atoms with E-state index in [9.17, 15) is 14.9 Å². The molecular formula is C18H23N3O3. The number of non-ortho nitro benzene ring substituents is 1. The molecule has 0 radical (unpaired) electrons. The average molecular weight is 329 g/mol. The Kier molecular flexibility index (Phi) is 4.00. The third kappa shape index (κ3) is 2.79. The van der Waals surface area contributed by atoms with Gasteiger partial charge in [0.25, 0.3) is 11.6 Å². The van der Waals surface area contributed by atoms with E-state index in [4.69, 9.17) is 0 Å². The molecule has 128 valence electrons. The van der Waals surface area contributed by atoms with Crippen LogP contribution in [-0.4, -0.2) is 52.9 Å². The van der Waals surface area contributed by atoms with Crippen LogP contribution in [0.1, 0.15) is 36.0 Å². The number of piperazine rings is 1. The molecule has 1 aliphatic heterocycles. The van der Waals surface area contributed by atoms with Crippen LogP contribution in [0.2, 0.25) is 0 Å². The van der Waals surface area contributed by atoms with E-state index in [0.717, 1.165) is 44.1 Å². The maximum absolute atomic E-state index is 12.6. The molecule has 6 nitrogen and oxygen atoms in total. The largest absolute Gasteiger partial charge is 0.336 e. The second-order valence-electron chi connectivity index (χ2n) is 7.37. The minimum absolute atomic E-state index is 0.0162. The van der Waals surface area contributed by atoms with Gasteiger partial charge in [0.1, 0.15) is 0 Å². The molecule has 0 aromatic heterocycles. The van der Waals surface area contributed by atoms with Crippen LogP contribution < -0.4 is 0 Å². The number of nitrogens with zero attached hydrogens (tertiary/aromatic N) is 3. The molecule has 2 aliphatic carbocycles. The zero-order valence-electron chi connectivity index (χ0n) is 13.8. The molecule has 0 spiro atoms. The van der Waals surface area contributed by atoms with E-state index >= 15 is 0 Å². The molecule has 3 aliphatic rings. The Hall–Kier alpha value is -1.95. The van der Waals surface area contributed by atoms with Crippen molar-refractivity contribution in [2.24, 2.45) is 11.8 Å². The number of rotatable bonds is 3. The van der Waals surface area contributed by atoms with Gasteiger partial charge in [-0.1, -0.05) is 6.42 Å². The minimum atomic E-state index is -0.442. The molecule has 0 unspecified atom stereocenters. The Morgan fingerprint density at radius 3 is 2.29 bits per heavy atom. The van der Waals surface area contributed by atoms with Crippen molar-refractivity contribution in [3.05, 3.63) is 39.9 Å². The summed E-state index contributed by atoms with van der Waals surface area (Å²) in [5, 5.41) is 10.7. The monoisotopic (exact) mass is 329 g/mol. The second kappa shape index (κ2) is 6.16. The molecule has 1 aromatic carbocycles. The molecule has 6 heteroatoms. The molecule has 1 heterocycles. The first-order valence-electron chi connectivity index (χ1n) is 8.89. The lowest BCUT2D eigenvalue weighted by Gasteiger charge is -2.41. The van der Waals surface area contributed by atoms with E-state index in [-0.39, 0.29) is 11.6 Å². The predicted octanol–water partition coefficient (Wildman–Crippen LogP) is 2.54. The summed E-state index contributed by atoms with van der Waals surface area (Å²) >= 11 is 0. The van der Waals surface area contributed by atoms with Gasteiger partial charge in [-0.3, -0.25) is 19.8 Å². The molecule has 4 rings (SSSR count). The maximum Gasteiger partial charge on any atom is 0.269 e. The number of carbonyl (C=O) groups excluding carboxylic acids is 1. The van der Waals surface area contributed by atoms with Crippen molar-refractivity contribution in [2.75, 3.05) is 26.2 Å². The first-order valence-corrected chi connectivity index (χ1v) is 8.89. The highest BCUT2D eigenvalue weighted by Gasteiger charge is 2.42. The SMILES string of the molecule is O=C(c1ccc([N+](=O)[O-])cc1)N1CCN([C@@H]2C[C@H]3CC[C@H]2C3)CC1. The smallest absolute Gasteiger partial charge is 0.269 e. The topological polar surface area (TPSA) is 66.7 Å². The van der Waals surface area contributed by atoms with Gasteiger partial charge in [-0.05, 0) is 43.2 Å². The van der Waals surface area contributed by atoms with Gasteiger partial charge in [0.05, 0.1) is 4.92 Å². The Labute approximate surface area is 141 Å². The standard InChI is InChI=1S/C18H23N3O3/c22-18(14-3-5-16(6-4-14)21(23)24)20-9-7-19(8-10-20)17-12-13-1-2-15(17)11-13/h3-6,13,15,17H,1-2,7-12H2/t13-,15-,17+/m0/s1. The number of hydrogen-bond donors (Lipinski definition) is 0. The van der Waals surface area contributed by atoms with E-state index in [0.29, 0.717) is 5.56 Å². The summed E-state index contributed by atoms with van der Waals surface area (Å²) in [6.07, 6.45) is 5.56. The summed E-state index contributed by atoms with van der Waals surface area (Å²) in [6.45, 7) is 3.41. The molecule has 3 atom stereocenters. The highest BCUT2D eigenvalue weighted by Crippen LogP contribution is 2.46. The van der Waals surface area contributed by atoms with Gasteiger partial charge >= 0.3 is 0 Å². The van der Waals surface area contributed by atoms with E-state index in [1.807, 2.05) is 4.90 Å². The van der Waals surface area contributed by atoms with Gasteiger partial charge in [0, 0.05) is 49.9 Å². The van der Waals surface area contributed by atoms with Gasteiger partial charge in [-0.2, -0.15) is 0 Å². The fourth-order valence-corrected chi connectivity index (χ4v) is 4.82. The fourth-order valence-electron chi connectivity index (χ4n) is 4.82. The summed E-state index contributed by atoms with van der Waals surface area (Å²) in [4.78, 5) is 27.3. The van der Waals surface area contributed by atoms with Crippen LogP contribution in [0.25, 0.3) is 0 Å². The Bertz CT molecular complexity index is 637. The zero-order valence-corrected chi connectivity index (χ0v) is 13.8. The van der Waals surface area contributed by atoms with Gasteiger partial charge in [0.15, 0.2) is 0 Å². The number of hydrogen-bond acceptors (Lipinski definition) is 4. The van der Waals surface area contributed by atoms with Crippen molar-refractivity contribution >= 4 is 11.6 Å². The van der Waals surface area contributed by atoms with Crippen molar-refractivity contribution in [3.8, 4) is 0 Å². The van der Waals surface area contributed by atoms with E-state index < -0.39 is 4.92 Å². The molecule has 2 saturated carbocycles. The molecule has 1 aromatic rings. The van der Waals surface area contributed by atoms with E-state index in [1.54, 1.807) is 12.1 Å². The van der Waals surface area contributed by atoms with Crippen molar-refractivity contribution in [1.29, 1.82) is 0 Å². The predicted molar refractivity (Wildman–Crippen MR) is 89.8 cm³/mol. The minimum Gasteiger partial charge on any atom is -0.336 e. The Morgan fingerprint density at radius 2 is 1.75 bits per heavy atom. The molecule has 2 bridgehead atoms. The average Bonchev–Trinajstić information content (AvgIpc) is 3.25. The highest BCUT2D eigenvalue weighted by molar-refractivity contribution is 5.94. The number of carbonyl (C=O) groups is 1. The third-order valence-electron chi connectivity index (χ3n) is 6.10. The third-order valence-corrected chi connectivity index (χ3v) is 6.10. The van der Waals surface area contributed by atoms with Crippen LogP contribution in [0, 0.1) is 22.0 Å². The van der Waals surface area contributed by atoms with E-state index in [2.05, 4.69) is 4.90 Å². The van der Waals surface area contributed by atoms with Crippen LogP contribution in [-0.2, 0) is 0 Å². The molecular weight excluding hydrogens is 306 g/mol. The lowest BCUT2D eigenvalue weighted by atomic mass is 9.93.